The number of carbonyl (C=O) groups is 2. The summed E-state index contributed by atoms with van der Waals surface area (Å²) in [5.41, 5.74) is 0.149. The molecule has 0 saturated heterocycles. The number of carboxylic acid groups (broad SMARTS) is 1. The Kier molecular flexibility index (Phi) is 6.45. The Morgan fingerprint density at radius 3 is 2.67 bits per heavy atom. The second-order valence-corrected chi connectivity index (χ2v) is 5.20. The maximum atomic E-state index is 12.0. The quantitative estimate of drug-likeness (QED) is 0.846. The third kappa shape index (κ3) is 5.61. The largest absolute Gasteiger partial charge is 0.478 e. The molecule has 1 aromatic carbocycles. The molecule has 0 fully saturated rings. The molecule has 7 heteroatoms. The zero-order valence-electron chi connectivity index (χ0n) is 12.2. The number of rotatable bonds is 6. The van der Waals surface area contributed by atoms with E-state index in [1.807, 2.05) is 13.8 Å². The Balaban J connectivity index is 2.69. The number of likely N-dealkylation sites (N-methyl/N-ethyl adjacent to an activating group) is 1. The van der Waals surface area contributed by atoms with Crippen molar-refractivity contribution in [2.45, 2.75) is 20.0 Å². The highest BCUT2D eigenvalue weighted by atomic mass is 35.5. The van der Waals surface area contributed by atoms with Gasteiger partial charge in [-0.15, -0.1) is 0 Å². The molecule has 0 spiro atoms. The molecule has 0 bridgehead atoms. The molecule has 1 aromatic rings. The van der Waals surface area contributed by atoms with E-state index in [9.17, 15) is 9.59 Å². The van der Waals surface area contributed by atoms with E-state index in [0.717, 1.165) is 0 Å². The number of hydrogen-bond donors (Lipinski definition) is 2. The third-order valence-corrected chi connectivity index (χ3v) is 2.91. The summed E-state index contributed by atoms with van der Waals surface area (Å²) in [4.78, 5) is 24.5. The number of hydrogen-bond acceptors (Lipinski definition) is 3. The molecule has 6 nitrogen and oxygen atoms in total. The van der Waals surface area contributed by atoms with Crippen LogP contribution in [0.25, 0.3) is 0 Å². The number of ether oxygens (including phenoxy) is 1. The van der Waals surface area contributed by atoms with Crippen LogP contribution in [0.15, 0.2) is 18.2 Å². The predicted molar refractivity (Wildman–Crippen MR) is 81.1 cm³/mol. The Hall–Kier alpha value is -1.79. The van der Waals surface area contributed by atoms with Gasteiger partial charge in [-0.2, -0.15) is 0 Å². The van der Waals surface area contributed by atoms with Crippen LogP contribution >= 0.6 is 11.6 Å². The average molecular weight is 315 g/mol. The van der Waals surface area contributed by atoms with Crippen LogP contribution < -0.4 is 5.32 Å². The molecule has 0 aliphatic carbocycles. The van der Waals surface area contributed by atoms with Gasteiger partial charge in [0.05, 0.1) is 24.0 Å². The molecule has 1 rings (SSSR count). The van der Waals surface area contributed by atoms with E-state index >= 15 is 0 Å². The molecule has 0 unspecified atom stereocenters. The van der Waals surface area contributed by atoms with Gasteiger partial charge in [0, 0.05) is 18.6 Å². The number of nitrogens with zero attached hydrogens (tertiary/aromatic N) is 1. The molecule has 0 heterocycles. The zero-order chi connectivity index (χ0) is 16.0. The first kappa shape index (κ1) is 17.3. The van der Waals surface area contributed by atoms with Gasteiger partial charge in [0.1, 0.15) is 0 Å². The monoisotopic (exact) mass is 314 g/mol. The van der Waals surface area contributed by atoms with E-state index in [4.69, 9.17) is 21.4 Å². The molecule has 2 N–H and O–H groups in total. The van der Waals surface area contributed by atoms with E-state index in [2.05, 4.69) is 5.32 Å². The summed E-state index contributed by atoms with van der Waals surface area (Å²) in [6, 6.07) is 3.79. The van der Waals surface area contributed by atoms with Crippen LogP contribution in [0.4, 0.5) is 10.5 Å². The minimum absolute atomic E-state index is 0.0143. The van der Waals surface area contributed by atoms with Crippen molar-refractivity contribution in [2.75, 3.05) is 25.5 Å². The van der Waals surface area contributed by atoms with Crippen molar-refractivity contribution in [1.82, 2.24) is 4.90 Å². The van der Waals surface area contributed by atoms with E-state index in [0.29, 0.717) is 18.2 Å². The first-order chi connectivity index (χ1) is 9.81. The lowest BCUT2D eigenvalue weighted by atomic mass is 10.2. The van der Waals surface area contributed by atoms with Gasteiger partial charge in [-0.1, -0.05) is 11.6 Å². The number of anilines is 1. The van der Waals surface area contributed by atoms with Gasteiger partial charge in [0.25, 0.3) is 0 Å². The lowest BCUT2D eigenvalue weighted by Crippen LogP contribution is -2.34. The van der Waals surface area contributed by atoms with E-state index < -0.39 is 12.0 Å². The smallest absolute Gasteiger partial charge is 0.337 e. The lowest BCUT2D eigenvalue weighted by Gasteiger charge is -2.19. The molecule has 0 aromatic heterocycles. The minimum Gasteiger partial charge on any atom is -0.478 e. The van der Waals surface area contributed by atoms with Gasteiger partial charge >= 0.3 is 12.0 Å². The van der Waals surface area contributed by atoms with Gasteiger partial charge in [-0.05, 0) is 32.0 Å². The third-order valence-electron chi connectivity index (χ3n) is 2.68. The normalized spacial score (nSPS) is 10.5. The summed E-state index contributed by atoms with van der Waals surface area (Å²) in [6.45, 7) is 4.62. The number of carboxylic acids is 1. The van der Waals surface area contributed by atoms with Crippen molar-refractivity contribution in [3.05, 3.63) is 28.8 Å². The van der Waals surface area contributed by atoms with Crippen LogP contribution in [-0.4, -0.2) is 48.3 Å². The van der Waals surface area contributed by atoms with Crippen molar-refractivity contribution in [2.24, 2.45) is 0 Å². The molecule has 21 heavy (non-hydrogen) atoms. The standard InChI is InChI=1S/C14H19ClN2O4/c1-9(2)21-7-6-17(3)14(20)16-12-8-10(15)4-5-11(12)13(18)19/h4-5,8-9H,6-7H2,1-3H3,(H,16,20)(H,18,19). The fraction of sp³-hybridized carbons (Fsp3) is 0.429. The van der Waals surface area contributed by atoms with Crippen LogP contribution in [0.2, 0.25) is 5.02 Å². The van der Waals surface area contributed by atoms with Crippen LogP contribution in [0.1, 0.15) is 24.2 Å². The number of amides is 2. The van der Waals surface area contributed by atoms with Gasteiger partial charge in [0.2, 0.25) is 0 Å². The van der Waals surface area contributed by atoms with Crippen LogP contribution in [0.3, 0.4) is 0 Å². The first-order valence-electron chi connectivity index (χ1n) is 6.47. The molecule has 2 amide bonds. The molecular weight excluding hydrogens is 296 g/mol. The van der Waals surface area contributed by atoms with Crippen LogP contribution in [-0.2, 0) is 4.74 Å². The molecule has 0 saturated carbocycles. The maximum absolute atomic E-state index is 12.0. The van der Waals surface area contributed by atoms with Crippen molar-refractivity contribution in [3.8, 4) is 0 Å². The molecule has 0 radical (unpaired) electrons. The molecule has 0 atom stereocenters. The van der Waals surface area contributed by atoms with E-state index in [1.165, 1.54) is 23.1 Å². The lowest BCUT2D eigenvalue weighted by molar-refractivity contribution is 0.0687. The molecule has 0 aliphatic rings. The predicted octanol–water partition coefficient (Wildman–Crippen LogP) is 2.93. The van der Waals surface area contributed by atoms with Crippen molar-refractivity contribution >= 4 is 29.3 Å². The van der Waals surface area contributed by atoms with Crippen molar-refractivity contribution in [1.29, 1.82) is 0 Å². The second-order valence-electron chi connectivity index (χ2n) is 4.77. The average Bonchev–Trinajstić information content (AvgIpc) is 2.37. The summed E-state index contributed by atoms with van der Waals surface area (Å²) in [7, 11) is 1.60. The highest BCUT2D eigenvalue weighted by Crippen LogP contribution is 2.21. The summed E-state index contributed by atoms with van der Waals surface area (Å²) in [6.07, 6.45) is 0.0907. The van der Waals surface area contributed by atoms with Crippen molar-refractivity contribution < 1.29 is 19.4 Å². The molecular formula is C14H19ClN2O4. The highest BCUT2D eigenvalue weighted by molar-refractivity contribution is 6.31. The Morgan fingerprint density at radius 2 is 2.10 bits per heavy atom. The Bertz CT molecular complexity index is 520. The van der Waals surface area contributed by atoms with Gasteiger partial charge < -0.3 is 20.1 Å². The second kappa shape index (κ2) is 7.85. The van der Waals surface area contributed by atoms with Crippen LogP contribution in [0, 0.1) is 0 Å². The van der Waals surface area contributed by atoms with Gasteiger partial charge in [-0.3, -0.25) is 0 Å². The summed E-state index contributed by atoms with van der Waals surface area (Å²) >= 11 is 5.83. The fourth-order valence-corrected chi connectivity index (χ4v) is 1.72. The van der Waals surface area contributed by atoms with Crippen LogP contribution in [0.5, 0.6) is 0 Å². The van der Waals surface area contributed by atoms with E-state index in [-0.39, 0.29) is 17.4 Å². The number of carbonyl (C=O) groups excluding carboxylic acids is 1. The SMILES string of the molecule is CC(C)OCCN(C)C(=O)Nc1cc(Cl)ccc1C(=O)O. The van der Waals surface area contributed by atoms with E-state index in [1.54, 1.807) is 7.05 Å². The maximum Gasteiger partial charge on any atom is 0.337 e. The van der Waals surface area contributed by atoms with Gasteiger partial charge in [0.15, 0.2) is 0 Å². The first-order valence-corrected chi connectivity index (χ1v) is 6.85. The molecule has 116 valence electrons. The summed E-state index contributed by atoms with van der Waals surface area (Å²) in [5, 5.41) is 12.0. The number of benzene rings is 1. The number of halogens is 1. The fourth-order valence-electron chi connectivity index (χ4n) is 1.54. The summed E-state index contributed by atoms with van der Waals surface area (Å²) in [5.74, 6) is -1.13. The molecule has 0 aliphatic heterocycles. The Labute approximate surface area is 128 Å². The Morgan fingerprint density at radius 1 is 1.43 bits per heavy atom. The van der Waals surface area contributed by atoms with Gasteiger partial charge in [-0.25, -0.2) is 9.59 Å². The highest BCUT2D eigenvalue weighted by Gasteiger charge is 2.15. The zero-order valence-corrected chi connectivity index (χ0v) is 13.0. The number of nitrogens with one attached hydrogen (secondary N) is 1. The summed E-state index contributed by atoms with van der Waals surface area (Å²) < 4.78 is 5.36. The topological polar surface area (TPSA) is 78.9 Å². The van der Waals surface area contributed by atoms with Crippen molar-refractivity contribution in [3.63, 3.8) is 0 Å². The number of urea groups is 1. The minimum atomic E-state index is -1.13. The number of aromatic carboxylic acids is 1.